The molecule has 0 bridgehead atoms. The third-order valence-corrected chi connectivity index (χ3v) is 4.99. The van der Waals surface area contributed by atoms with Crippen LogP contribution in [-0.2, 0) is 9.53 Å². The molecule has 1 rings (SSSR count). The largest absolute Gasteiger partial charge is 0.469 e. The fraction of sp³-hybridized carbons (Fsp3) is 0.500. The molecule has 0 aromatic heterocycles. The second-order valence-corrected chi connectivity index (χ2v) is 6.48. The number of hydrogen-bond donors (Lipinski definition) is 0. The van der Waals surface area contributed by atoms with Gasteiger partial charge < -0.3 is 4.74 Å². The van der Waals surface area contributed by atoms with E-state index in [1.165, 1.54) is 17.6 Å². The molecule has 1 unspecified atom stereocenters. The number of methoxy groups -OCH3 is 1. The summed E-state index contributed by atoms with van der Waals surface area (Å²) in [5.74, 6) is 2.83. The average molecular weight is 284 g/mol. The highest BCUT2D eigenvalue weighted by atomic mass is 32.2. The van der Waals surface area contributed by atoms with Crippen LogP contribution in [0.3, 0.4) is 0 Å². The van der Waals surface area contributed by atoms with Crippen molar-refractivity contribution in [1.82, 2.24) is 0 Å². The van der Waals surface area contributed by atoms with Crippen molar-refractivity contribution in [2.45, 2.75) is 18.7 Å². The van der Waals surface area contributed by atoms with Gasteiger partial charge >= 0.3 is 5.97 Å². The molecule has 0 fully saturated rings. The van der Waals surface area contributed by atoms with Crippen LogP contribution in [0.2, 0.25) is 0 Å². The molecule has 0 saturated carbocycles. The van der Waals surface area contributed by atoms with Crippen LogP contribution in [0.4, 0.5) is 0 Å². The van der Waals surface area contributed by atoms with E-state index in [1.54, 1.807) is 11.8 Å². The fourth-order valence-electron chi connectivity index (χ4n) is 1.38. The molecule has 1 aromatic rings. The summed E-state index contributed by atoms with van der Waals surface area (Å²) >= 11 is 3.66. The lowest BCUT2D eigenvalue weighted by Crippen LogP contribution is -2.15. The zero-order chi connectivity index (χ0) is 13.4. The Balaban J connectivity index is 2.12. The molecule has 2 nitrogen and oxygen atoms in total. The molecule has 0 radical (unpaired) electrons. The first-order chi connectivity index (χ1) is 8.63. The number of esters is 1. The highest BCUT2D eigenvalue weighted by molar-refractivity contribution is 8.03. The first kappa shape index (κ1) is 15.4. The summed E-state index contributed by atoms with van der Waals surface area (Å²) in [6, 6.07) is 8.58. The van der Waals surface area contributed by atoms with Gasteiger partial charge in [-0.05, 0) is 19.1 Å². The molecule has 0 heterocycles. The molecule has 1 aromatic carbocycles. The maximum Gasteiger partial charge on any atom is 0.309 e. The topological polar surface area (TPSA) is 26.3 Å². The van der Waals surface area contributed by atoms with Crippen molar-refractivity contribution in [2.24, 2.45) is 5.92 Å². The molecule has 0 aliphatic rings. The normalized spacial score (nSPS) is 12.2. The summed E-state index contributed by atoms with van der Waals surface area (Å²) in [5, 5.41) is 0. The summed E-state index contributed by atoms with van der Waals surface area (Å²) in [6.07, 6.45) is 0. The van der Waals surface area contributed by atoms with Crippen molar-refractivity contribution in [1.29, 1.82) is 0 Å². The average Bonchev–Trinajstić information content (AvgIpc) is 2.39. The molecule has 18 heavy (non-hydrogen) atoms. The minimum atomic E-state index is -0.117. The number of thioether (sulfide) groups is 2. The second kappa shape index (κ2) is 8.48. The first-order valence-electron chi connectivity index (χ1n) is 5.98. The van der Waals surface area contributed by atoms with Gasteiger partial charge in [-0.2, -0.15) is 11.8 Å². The van der Waals surface area contributed by atoms with Crippen molar-refractivity contribution in [3.05, 3.63) is 29.8 Å². The summed E-state index contributed by atoms with van der Waals surface area (Å²) in [5.41, 5.74) is 1.29. The molecule has 0 aliphatic carbocycles. The van der Waals surface area contributed by atoms with Gasteiger partial charge in [-0.3, -0.25) is 4.79 Å². The van der Waals surface area contributed by atoms with Gasteiger partial charge in [0.05, 0.1) is 13.0 Å². The Kier molecular flexibility index (Phi) is 7.28. The third kappa shape index (κ3) is 5.83. The van der Waals surface area contributed by atoms with E-state index in [9.17, 15) is 4.79 Å². The lowest BCUT2D eigenvalue weighted by Gasteiger charge is -2.08. The molecule has 0 saturated heterocycles. The van der Waals surface area contributed by atoms with Crippen LogP contribution >= 0.6 is 23.5 Å². The molecule has 100 valence electrons. The van der Waals surface area contributed by atoms with Crippen LogP contribution in [0.1, 0.15) is 12.5 Å². The molecule has 0 spiro atoms. The Morgan fingerprint density at radius 2 is 1.94 bits per heavy atom. The van der Waals surface area contributed by atoms with Crippen LogP contribution in [0.15, 0.2) is 29.2 Å². The molecular weight excluding hydrogens is 264 g/mol. The number of carbonyl (C=O) groups is 1. The van der Waals surface area contributed by atoms with Gasteiger partial charge in [0, 0.05) is 22.2 Å². The van der Waals surface area contributed by atoms with E-state index >= 15 is 0 Å². The maximum absolute atomic E-state index is 11.2. The molecular formula is C14H20O2S2. The fourth-order valence-corrected chi connectivity index (χ4v) is 3.41. The van der Waals surface area contributed by atoms with E-state index in [4.69, 9.17) is 4.74 Å². The van der Waals surface area contributed by atoms with E-state index in [0.717, 1.165) is 17.3 Å². The van der Waals surface area contributed by atoms with Crippen molar-refractivity contribution < 1.29 is 9.53 Å². The van der Waals surface area contributed by atoms with Gasteiger partial charge in [-0.15, -0.1) is 11.8 Å². The Bertz CT molecular complexity index is 363. The van der Waals surface area contributed by atoms with Crippen molar-refractivity contribution in [3.63, 3.8) is 0 Å². The quantitative estimate of drug-likeness (QED) is 0.434. The van der Waals surface area contributed by atoms with Crippen LogP contribution in [0.25, 0.3) is 0 Å². The van der Waals surface area contributed by atoms with Gasteiger partial charge in [0.1, 0.15) is 0 Å². The van der Waals surface area contributed by atoms with Gasteiger partial charge in [0.15, 0.2) is 0 Å². The minimum absolute atomic E-state index is 0.00984. The summed E-state index contributed by atoms with van der Waals surface area (Å²) in [7, 11) is 1.44. The standard InChI is InChI=1S/C14H20O2S2/c1-11-4-6-13(7-5-11)18-9-8-17-10-12(2)14(15)16-3/h4-7,12H,8-10H2,1-3H3. The van der Waals surface area contributed by atoms with Gasteiger partial charge in [0.2, 0.25) is 0 Å². The van der Waals surface area contributed by atoms with E-state index < -0.39 is 0 Å². The van der Waals surface area contributed by atoms with E-state index in [2.05, 4.69) is 31.2 Å². The maximum atomic E-state index is 11.2. The van der Waals surface area contributed by atoms with Gasteiger partial charge in [-0.25, -0.2) is 0 Å². The first-order valence-corrected chi connectivity index (χ1v) is 8.12. The van der Waals surface area contributed by atoms with E-state index in [0.29, 0.717) is 0 Å². The minimum Gasteiger partial charge on any atom is -0.469 e. The molecule has 0 amide bonds. The van der Waals surface area contributed by atoms with Gasteiger partial charge in [-0.1, -0.05) is 24.6 Å². The van der Waals surface area contributed by atoms with Crippen LogP contribution < -0.4 is 0 Å². The molecule has 1 atom stereocenters. The zero-order valence-electron chi connectivity index (χ0n) is 11.1. The number of benzene rings is 1. The van der Waals surface area contributed by atoms with Crippen LogP contribution in [0, 0.1) is 12.8 Å². The Hall–Kier alpha value is -0.610. The third-order valence-electron chi connectivity index (χ3n) is 2.49. The highest BCUT2D eigenvalue weighted by Gasteiger charge is 2.12. The number of aryl methyl sites for hydroxylation is 1. The number of carbonyl (C=O) groups excluding carboxylic acids is 1. The molecule has 0 N–H and O–H groups in total. The van der Waals surface area contributed by atoms with Crippen molar-refractivity contribution in [2.75, 3.05) is 24.4 Å². The highest BCUT2D eigenvalue weighted by Crippen LogP contribution is 2.20. The second-order valence-electron chi connectivity index (χ2n) is 4.16. The lowest BCUT2D eigenvalue weighted by molar-refractivity contribution is -0.143. The SMILES string of the molecule is COC(=O)C(C)CSCCSc1ccc(C)cc1. The van der Waals surface area contributed by atoms with Crippen molar-refractivity contribution >= 4 is 29.5 Å². The number of hydrogen-bond acceptors (Lipinski definition) is 4. The lowest BCUT2D eigenvalue weighted by atomic mass is 10.2. The predicted molar refractivity (Wildman–Crippen MR) is 80.4 cm³/mol. The van der Waals surface area contributed by atoms with E-state index in [-0.39, 0.29) is 11.9 Å². The monoisotopic (exact) mass is 284 g/mol. The summed E-state index contributed by atoms with van der Waals surface area (Å²) < 4.78 is 4.69. The molecule has 4 heteroatoms. The summed E-state index contributed by atoms with van der Waals surface area (Å²) in [6.45, 7) is 4.00. The smallest absolute Gasteiger partial charge is 0.309 e. The number of rotatable bonds is 7. The Morgan fingerprint density at radius 1 is 1.28 bits per heavy atom. The predicted octanol–water partition coefficient (Wildman–Crippen LogP) is 3.63. The van der Waals surface area contributed by atoms with Crippen LogP contribution in [-0.4, -0.2) is 30.3 Å². The number of ether oxygens (including phenoxy) is 1. The van der Waals surface area contributed by atoms with Crippen LogP contribution in [0.5, 0.6) is 0 Å². The molecule has 0 aliphatic heterocycles. The Labute approximate surface area is 118 Å². The van der Waals surface area contributed by atoms with E-state index in [1.807, 2.05) is 18.7 Å². The zero-order valence-corrected chi connectivity index (χ0v) is 12.8. The summed E-state index contributed by atoms with van der Waals surface area (Å²) in [4.78, 5) is 12.5. The Morgan fingerprint density at radius 3 is 2.56 bits per heavy atom. The van der Waals surface area contributed by atoms with Crippen molar-refractivity contribution in [3.8, 4) is 0 Å². The van der Waals surface area contributed by atoms with Gasteiger partial charge in [0.25, 0.3) is 0 Å².